The molecule has 1 aliphatic rings. The van der Waals surface area contributed by atoms with Crippen molar-refractivity contribution in [1.29, 1.82) is 0 Å². The van der Waals surface area contributed by atoms with Gasteiger partial charge in [-0.15, -0.1) is 0 Å². The molecule has 142 valence electrons. The van der Waals surface area contributed by atoms with Crippen LogP contribution >= 0.6 is 0 Å². The molecule has 0 saturated heterocycles. The van der Waals surface area contributed by atoms with Gasteiger partial charge in [0.05, 0.1) is 5.41 Å². The molecular formula is C23H28N2O2. The largest absolute Gasteiger partial charge is 0.350 e. The van der Waals surface area contributed by atoms with E-state index >= 15 is 0 Å². The van der Waals surface area contributed by atoms with E-state index < -0.39 is 5.41 Å². The molecule has 0 heterocycles. The molecular weight excluding hydrogens is 336 g/mol. The molecule has 0 aromatic heterocycles. The highest BCUT2D eigenvalue weighted by Gasteiger charge is 2.42. The molecule has 4 heteroatoms. The molecule has 4 nitrogen and oxygen atoms in total. The summed E-state index contributed by atoms with van der Waals surface area (Å²) >= 11 is 0. The van der Waals surface area contributed by atoms with Crippen molar-refractivity contribution >= 4 is 17.5 Å². The van der Waals surface area contributed by atoms with E-state index in [-0.39, 0.29) is 17.9 Å². The number of rotatable bonds is 6. The standard InChI is InChI=1S/C23H28N2O2/c1-3-17(2)24-21(26)18-11-13-20(14-12-18)25-22(27)23(15-7-8-16-23)19-9-5-4-6-10-19/h4-6,9-14,17H,3,7-8,15-16H2,1-2H3,(H,24,26)(H,25,27)/t17-/m0/s1. The molecule has 3 rings (SSSR count). The SMILES string of the molecule is CC[C@H](C)NC(=O)c1ccc(NC(=O)C2(c3ccccc3)CCCC2)cc1. The van der Waals surface area contributed by atoms with Crippen molar-refractivity contribution in [2.24, 2.45) is 0 Å². The van der Waals surface area contributed by atoms with Crippen molar-refractivity contribution in [3.63, 3.8) is 0 Å². The van der Waals surface area contributed by atoms with Crippen LogP contribution in [0.2, 0.25) is 0 Å². The second kappa shape index (κ2) is 8.38. The zero-order chi connectivity index (χ0) is 19.3. The smallest absolute Gasteiger partial charge is 0.251 e. The molecule has 2 N–H and O–H groups in total. The van der Waals surface area contributed by atoms with Crippen LogP contribution in [0.1, 0.15) is 61.9 Å². The Labute approximate surface area is 161 Å². The van der Waals surface area contributed by atoms with Crippen molar-refractivity contribution in [3.8, 4) is 0 Å². The van der Waals surface area contributed by atoms with Crippen LogP contribution in [0.3, 0.4) is 0 Å². The van der Waals surface area contributed by atoms with Gasteiger partial charge in [-0.25, -0.2) is 0 Å². The van der Waals surface area contributed by atoms with Gasteiger partial charge in [-0.2, -0.15) is 0 Å². The number of hydrogen-bond donors (Lipinski definition) is 2. The summed E-state index contributed by atoms with van der Waals surface area (Å²) in [4.78, 5) is 25.3. The van der Waals surface area contributed by atoms with E-state index in [9.17, 15) is 9.59 Å². The van der Waals surface area contributed by atoms with Crippen LogP contribution < -0.4 is 10.6 Å². The summed E-state index contributed by atoms with van der Waals surface area (Å²) in [6.07, 6.45) is 4.77. The molecule has 0 radical (unpaired) electrons. The normalized spacial score (nSPS) is 16.5. The van der Waals surface area contributed by atoms with Crippen LogP contribution in [-0.4, -0.2) is 17.9 Å². The first kappa shape index (κ1) is 19.2. The third kappa shape index (κ3) is 4.21. The monoisotopic (exact) mass is 364 g/mol. The number of nitrogens with one attached hydrogen (secondary N) is 2. The first-order chi connectivity index (χ1) is 13.0. The Morgan fingerprint density at radius 1 is 1.00 bits per heavy atom. The Morgan fingerprint density at radius 2 is 1.63 bits per heavy atom. The maximum Gasteiger partial charge on any atom is 0.251 e. The van der Waals surface area contributed by atoms with Crippen LogP contribution in [0.5, 0.6) is 0 Å². The van der Waals surface area contributed by atoms with Crippen molar-refractivity contribution < 1.29 is 9.59 Å². The van der Waals surface area contributed by atoms with Crippen molar-refractivity contribution in [2.75, 3.05) is 5.32 Å². The van der Waals surface area contributed by atoms with Crippen LogP contribution in [0.25, 0.3) is 0 Å². The molecule has 27 heavy (non-hydrogen) atoms. The average molecular weight is 364 g/mol. The van der Waals surface area contributed by atoms with E-state index in [1.54, 1.807) is 24.3 Å². The minimum atomic E-state index is -0.451. The Hall–Kier alpha value is -2.62. The fourth-order valence-electron chi connectivity index (χ4n) is 3.75. The van der Waals surface area contributed by atoms with Gasteiger partial charge in [0.2, 0.25) is 5.91 Å². The van der Waals surface area contributed by atoms with E-state index in [0.29, 0.717) is 5.56 Å². The summed E-state index contributed by atoms with van der Waals surface area (Å²) in [7, 11) is 0. The number of carbonyl (C=O) groups excluding carboxylic acids is 2. The van der Waals surface area contributed by atoms with Gasteiger partial charge in [0, 0.05) is 17.3 Å². The second-order valence-corrected chi connectivity index (χ2v) is 7.47. The van der Waals surface area contributed by atoms with Crippen molar-refractivity contribution in [3.05, 3.63) is 65.7 Å². The minimum Gasteiger partial charge on any atom is -0.350 e. The highest BCUT2D eigenvalue weighted by molar-refractivity contribution is 6.00. The first-order valence-corrected chi connectivity index (χ1v) is 9.83. The van der Waals surface area contributed by atoms with Gasteiger partial charge < -0.3 is 10.6 Å². The molecule has 2 aromatic rings. The van der Waals surface area contributed by atoms with Gasteiger partial charge >= 0.3 is 0 Å². The molecule has 2 amide bonds. The summed E-state index contributed by atoms with van der Waals surface area (Å²) in [5, 5.41) is 6.02. The Morgan fingerprint density at radius 3 is 2.22 bits per heavy atom. The van der Waals surface area contributed by atoms with E-state index in [1.165, 1.54) is 0 Å². The minimum absolute atomic E-state index is 0.0445. The Balaban J connectivity index is 1.73. The molecule has 0 bridgehead atoms. The van der Waals surface area contributed by atoms with Gasteiger partial charge in [0.25, 0.3) is 5.91 Å². The summed E-state index contributed by atoms with van der Waals surface area (Å²) in [5.41, 5.74) is 1.97. The fourth-order valence-corrected chi connectivity index (χ4v) is 3.75. The van der Waals surface area contributed by atoms with Crippen molar-refractivity contribution in [2.45, 2.75) is 57.4 Å². The quantitative estimate of drug-likeness (QED) is 0.783. The van der Waals surface area contributed by atoms with E-state index in [2.05, 4.69) is 10.6 Å². The lowest BCUT2D eigenvalue weighted by Crippen LogP contribution is -2.38. The van der Waals surface area contributed by atoms with Gasteiger partial charge in [-0.3, -0.25) is 9.59 Å². The number of anilines is 1. The molecule has 1 fully saturated rings. The zero-order valence-electron chi connectivity index (χ0n) is 16.1. The lowest BCUT2D eigenvalue weighted by atomic mass is 9.78. The fraction of sp³-hybridized carbons (Fsp3) is 0.391. The van der Waals surface area contributed by atoms with Gasteiger partial charge in [0.15, 0.2) is 0 Å². The highest BCUT2D eigenvalue weighted by Crippen LogP contribution is 2.42. The van der Waals surface area contributed by atoms with E-state index in [4.69, 9.17) is 0 Å². The summed E-state index contributed by atoms with van der Waals surface area (Å²) in [6, 6.07) is 17.3. The summed E-state index contributed by atoms with van der Waals surface area (Å²) in [6.45, 7) is 4.02. The topological polar surface area (TPSA) is 58.2 Å². The lowest BCUT2D eigenvalue weighted by Gasteiger charge is -2.28. The number of benzene rings is 2. The third-order valence-electron chi connectivity index (χ3n) is 5.61. The lowest BCUT2D eigenvalue weighted by molar-refractivity contribution is -0.121. The van der Waals surface area contributed by atoms with Crippen LogP contribution in [0.15, 0.2) is 54.6 Å². The molecule has 1 aliphatic carbocycles. The van der Waals surface area contributed by atoms with Crippen molar-refractivity contribution in [1.82, 2.24) is 5.32 Å². The molecule has 1 saturated carbocycles. The highest BCUT2D eigenvalue weighted by atomic mass is 16.2. The maximum absolute atomic E-state index is 13.1. The van der Waals surface area contributed by atoms with Crippen LogP contribution in [-0.2, 0) is 10.2 Å². The van der Waals surface area contributed by atoms with Crippen LogP contribution in [0, 0.1) is 0 Å². The molecule has 0 spiro atoms. The van der Waals surface area contributed by atoms with Crippen LogP contribution in [0.4, 0.5) is 5.69 Å². The molecule has 2 aromatic carbocycles. The third-order valence-corrected chi connectivity index (χ3v) is 5.61. The van der Waals surface area contributed by atoms with Gasteiger partial charge in [-0.05, 0) is 56.0 Å². The van der Waals surface area contributed by atoms with Gasteiger partial charge in [-0.1, -0.05) is 50.1 Å². The van der Waals surface area contributed by atoms with E-state index in [0.717, 1.165) is 43.4 Å². The predicted octanol–water partition coefficient (Wildman–Crippen LogP) is 4.67. The Bertz CT molecular complexity index is 778. The first-order valence-electron chi connectivity index (χ1n) is 9.83. The number of amides is 2. The second-order valence-electron chi connectivity index (χ2n) is 7.47. The van der Waals surface area contributed by atoms with E-state index in [1.807, 2.05) is 44.2 Å². The summed E-state index contributed by atoms with van der Waals surface area (Å²) in [5.74, 6) is -0.0400. The molecule has 0 unspecified atom stereocenters. The zero-order valence-corrected chi connectivity index (χ0v) is 16.1. The summed E-state index contributed by atoms with van der Waals surface area (Å²) < 4.78 is 0. The molecule has 0 aliphatic heterocycles. The Kier molecular flexibility index (Phi) is 5.94. The van der Waals surface area contributed by atoms with Gasteiger partial charge in [0.1, 0.15) is 0 Å². The molecule has 1 atom stereocenters. The number of carbonyl (C=O) groups is 2. The number of hydrogen-bond acceptors (Lipinski definition) is 2. The maximum atomic E-state index is 13.1. The average Bonchev–Trinajstić information content (AvgIpc) is 3.20. The predicted molar refractivity (Wildman–Crippen MR) is 109 cm³/mol.